The molecule has 4 rings (SSSR count). The zero-order valence-electron chi connectivity index (χ0n) is 19.0. The highest BCUT2D eigenvalue weighted by Gasteiger charge is 2.37. The number of benzene rings is 2. The molecule has 0 aromatic heterocycles. The Hall–Kier alpha value is -3.39. The quantitative estimate of drug-likeness (QED) is 0.450. The minimum atomic E-state index is -1.07. The average molecular weight is 467 g/mol. The van der Waals surface area contributed by atoms with Crippen molar-refractivity contribution in [1.29, 1.82) is 0 Å². The SMILES string of the molecule is O=C(O)CCC(NC(=O)OCC1c2ccccc2-c2ccccc21)C(=O)NC1(CO)CCCC1. The number of hydrogen-bond donors (Lipinski definition) is 4. The third-order valence-electron chi connectivity index (χ3n) is 6.85. The predicted molar refractivity (Wildman–Crippen MR) is 125 cm³/mol. The van der Waals surface area contributed by atoms with Crippen LogP contribution in [0.4, 0.5) is 4.79 Å². The molecule has 0 aliphatic heterocycles. The second kappa shape index (κ2) is 10.3. The number of amides is 2. The van der Waals surface area contributed by atoms with E-state index in [-0.39, 0.29) is 32.0 Å². The lowest BCUT2D eigenvalue weighted by atomic mass is 9.97. The maximum atomic E-state index is 12.9. The maximum Gasteiger partial charge on any atom is 0.407 e. The summed E-state index contributed by atoms with van der Waals surface area (Å²) in [4.78, 5) is 36.7. The lowest BCUT2D eigenvalue weighted by Gasteiger charge is -2.30. The summed E-state index contributed by atoms with van der Waals surface area (Å²) in [7, 11) is 0. The second-order valence-electron chi connectivity index (χ2n) is 9.09. The molecule has 0 heterocycles. The molecule has 180 valence electrons. The van der Waals surface area contributed by atoms with Gasteiger partial charge in [-0.2, -0.15) is 0 Å². The third kappa shape index (κ3) is 5.07. The maximum absolute atomic E-state index is 12.9. The average Bonchev–Trinajstić information content (AvgIpc) is 3.43. The van der Waals surface area contributed by atoms with Gasteiger partial charge in [-0.3, -0.25) is 9.59 Å². The smallest absolute Gasteiger partial charge is 0.407 e. The lowest BCUT2D eigenvalue weighted by molar-refractivity contribution is -0.137. The summed E-state index contributed by atoms with van der Waals surface area (Å²) in [5.74, 6) is -1.70. The number of carbonyl (C=O) groups excluding carboxylic acids is 2. The summed E-state index contributed by atoms with van der Waals surface area (Å²) in [5, 5.41) is 24.3. The molecular formula is C26H30N2O6. The lowest BCUT2D eigenvalue weighted by Crippen LogP contribution is -2.56. The van der Waals surface area contributed by atoms with E-state index >= 15 is 0 Å². The van der Waals surface area contributed by atoms with E-state index in [1.807, 2.05) is 48.5 Å². The van der Waals surface area contributed by atoms with E-state index in [0.717, 1.165) is 35.1 Å². The molecule has 1 atom stereocenters. The fourth-order valence-electron chi connectivity index (χ4n) is 5.04. The number of alkyl carbamates (subject to hydrolysis) is 1. The molecule has 8 nitrogen and oxygen atoms in total. The number of carbonyl (C=O) groups is 3. The van der Waals surface area contributed by atoms with Gasteiger partial charge < -0.3 is 25.6 Å². The number of aliphatic hydroxyl groups is 1. The van der Waals surface area contributed by atoms with Crippen molar-refractivity contribution in [2.24, 2.45) is 0 Å². The Morgan fingerprint density at radius 2 is 1.59 bits per heavy atom. The van der Waals surface area contributed by atoms with Gasteiger partial charge in [-0.15, -0.1) is 0 Å². The summed E-state index contributed by atoms with van der Waals surface area (Å²) < 4.78 is 5.52. The molecule has 1 fully saturated rings. The molecule has 2 aromatic rings. The van der Waals surface area contributed by atoms with Crippen LogP contribution in [0.3, 0.4) is 0 Å². The standard InChI is InChI=1S/C26H30N2O6/c29-16-26(13-5-6-14-26)28-24(32)22(11-12-23(30)31)27-25(33)34-15-21-19-9-3-1-7-17(19)18-8-2-4-10-20(18)21/h1-4,7-10,21-22,29H,5-6,11-16H2,(H,27,33)(H,28,32)(H,30,31). The molecule has 0 spiro atoms. The van der Waals surface area contributed by atoms with Crippen molar-refractivity contribution in [2.75, 3.05) is 13.2 Å². The number of hydrogen-bond acceptors (Lipinski definition) is 5. The summed E-state index contributed by atoms with van der Waals surface area (Å²) in [5.41, 5.74) is 3.64. The van der Waals surface area contributed by atoms with Crippen molar-refractivity contribution in [2.45, 2.75) is 56.0 Å². The number of aliphatic carboxylic acids is 1. The minimum absolute atomic E-state index is 0.0765. The van der Waals surface area contributed by atoms with E-state index in [1.165, 1.54) is 0 Å². The Morgan fingerprint density at radius 3 is 2.15 bits per heavy atom. The van der Waals surface area contributed by atoms with Crippen LogP contribution in [0.15, 0.2) is 48.5 Å². The van der Waals surface area contributed by atoms with Crippen molar-refractivity contribution < 1.29 is 29.3 Å². The van der Waals surface area contributed by atoms with Crippen LogP contribution >= 0.6 is 0 Å². The van der Waals surface area contributed by atoms with Crippen LogP contribution < -0.4 is 10.6 Å². The zero-order chi connectivity index (χ0) is 24.1. The molecule has 34 heavy (non-hydrogen) atoms. The molecule has 0 bridgehead atoms. The van der Waals surface area contributed by atoms with E-state index in [1.54, 1.807) is 0 Å². The van der Waals surface area contributed by atoms with Crippen molar-refractivity contribution in [3.63, 3.8) is 0 Å². The van der Waals surface area contributed by atoms with E-state index in [9.17, 15) is 19.5 Å². The first-order valence-electron chi connectivity index (χ1n) is 11.7. The molecule has 1 saturated carbocycles. The number of ether oxygens (including phenoxy) is 1. The van der Waals surface area contributed by atoms with Gasteiger partial charge in [0.05, 0.1) is 12.1 Å². The van der Waals surface area contributed by atoms with Crippen LogP contribution in [0.2, 0.25) is 0 Å². The van der Waals surface area contributed by atoms with Crippen molar-refractivity contribution in [1.82, 2.24) is 10.6 Å². The van der Waals surface area contributed by atoms with Crippen LogP contribution in [0, 0.1) is 0 Å². The van der Waals surface area contributed by atoms with E-state index in [2.05, 4.69) is 10.6 Å². The van der Waals surface area contributed by atoms with Crippen LogP contribution in [-0.2, 0) is 14.3 Å². The first kappa shape index (κ1) is 23.8. The van der Waals surface area contributed by atoms with Crippen LogP contribution in [0.25, 0.3) is 11.1 Å². The molecule has 4 N–H and O–H groups in total. The molecule has 0 saturated heterocycles. The predicted octanol–water partition coefficient (Wildman–Crippen LogP) is 3.18. The van der Waals surface area contributed by atoms with Crippen molar-refractivity contribution >= 4 is 18.0 Å². The Labute approximate surface area is 198 Å². The molecule has 1 unspecified atom stereocenters. The summed E-state index contributed by atoms with van der Waals surface area (Å²) in [6, 6.07) is 14.9. The van der Waals surface area contributed by atoms with Gasteiger partial charge in [0, 0.05) is 12.3 Å². The molecule has 2 aliphatic rings. The Balaban J connectivity index is 1.42. The number of carboxylic acids is 1. The van der Waals surface area contributed by atoms with E-state index in [4.69, 9.17) is 9.84 Å². The van der Waals surface area contributed by atoms with Crippen LogP contribution in [0.1, 0.15) is 55.6 Å². The molecule has 2 aromatic carbocycles. The fraction of sp³-hybridized carbons (Fsp3) is 0.423. The number of aliphatic hydroxyl groups excluding tert-OH is 1. The van der Waals surface area contributed by atoms with Crippen molar-refractivity contribution in [3.05, 3.63) is 59.7 Å². The molecule has 0 radical (unpaired) electrons. The fourth-order valence-corrected chi connectivity index (χ4v) is 5.04. The Bertz CT molecular complexity index is 1020. The monoisotopic (exact) mass is 466 g/mol. The summed E-state index contributed by atoms with van der Waals surface area (Å²) in [6.45, 7) is -0.108. The molecule has 8 heteroatoms. The summed E-state index contributed by atoms with van der Waals surface area (Å²) in [6.07, 6.45) is 1.93. The summed E-state index contributed by atoms with van der Waals surface area (Å²) >= 11 is 0. The largest absolute Gasteiger partial charge is 0.481 e. The highest BCUT2D eigenvalue weighted by Crippen LogP contribution is 2.44. The Kier molecular flexibility index (Phi) is 7.17. The van der Waals surface area contributed by atoms with Gasteiger partial charge in [0.25, 0.3) is 0 Å². The highest BCUT2D eigenvalue weighted by atomic mass is 16.5. The normalized spacial score (nSPS) is 16.9. The van der Waals surface area contributed by atoms with Gasteiger partial charge in [0.15, 0.2) is 0 Å². The van der Waals surface area contributed by atoms with Crippen molar-refractivity contribution in [3.8, 4) is 11.1 Å². The van der Waals surface area contributed by atoms with Gasteiger partial charge >= 0.3 is 12.1 Å². The first-order chi connectivity index (χ1) is 16.4. The topological polar surface area (TPSA) is 125 Å². The Morgan fingerprint density at radius 1 is 1.00 bits per heavy atom. The number of nitrogens with one attached hydrogen (secondary N) is 2. The first-order valence-corrected chi connectivity index (χ1v) is 11.7. The molecule has 2 aliphatic carbocycles. The van der Waals surface area contributed by atoms with Crippen LogP contribution in [0.5, 0.6) is 0 Å². The second-order valence-corrected chi connectivity index (χ2v) is 9.09. The highest BCUT2D eigenvalue weighted by molar-refractivity contribution is 5.87. The number of carboxylic acid groups (broad SMARTS) is 1. The zero-order valence-corrected chi connectivity index (χ0v) is 19.0. The number of fused-ring (bicyclic) bond motifs is 3. The van der Waals surface area contributed by atoms with Gasteiger partial charge in [-0.05, 0) is 41.5 Å². The minimum Gasteiger partial charge on any atom is -0.481 e. The van der Waals surface area contributed by atoms with Crippen LogP contribution in [-0.4, -0.2) is 53.0 Å². The van der Waals surface area contributed by atoms with Gasteiger partial charge in [-0.25, -0.2) is 4.79 Å². The van der Waals surface area contributed by atoms with Gasteiger partial charge in [-0.1, -0.05) is 61.4 Å². The van der Waals surface area contributed by atoms with E-state index in [0.29, 0.717) is 12.8 Å². The molecule has 2 amide bonds. The third-order valence-corrected chi connectivity index (χ3v) is 6.85. The van der Waals surface area contributed by atoms with E-state index < -0.39 is 29.6 Å². The number of rotatable bonds is 9. The van der Waals surface area contributed by atoms with Gasteiger partial charge in [0.2, 0.25) is 5.91 Å². The molecular weight excluding hydrogens is 436 g/mol. The van der Waals surface area contributed by atoms with Gasteiger partial charge in [0.1, 0.15) is 12.6 Å².